The normalized spacial score (nSPS) is 15.3. The molecule has 0 atom stereocenters. The molecule has 1 heterocycles. The van der Waals surface area contributed by atoms with Crippen LogP contribution in [0, 0.1) is 0 Å². The van der Waals surface area contributed by atoms with Crippen LogP contribution in [0.25, 0.3) is 0 Å². The second kappa shape index (κ2) is 4.57. The maximum absolute atomic E-state index is 12.3. The zero-order valence-electron chi connectivity index (χ0n) is 11.7. The highest BCUT2D eigenvalue weighted by molar-refractivity contribution is 6.10. The molecule has 5 nitrogen and oxygen atoms in total. The molecule has 0 fully saturated rings. The van der Waals surface area contributed by atoms with Crippen LogP contribution in [0.1, 0.15) is 20.8 Å². The summed E-state index contributed by atoms with van der Waals surface area (Å²) in [5.41, 5.74) is 1.17. The van der Waals surface area contributed by atoms with E-state index in [-0.39, 0.29) is 24.0 Å². The third kappa shape index (κ3) is 2.70. The van der Waals surface area contributed by atoms with E-state index >= 15 is 0 Å². The highest BCUT2D eigenvalue weighted by atomic mass is 16.2. The summed E-state index contributed by atoms with van der Waals surface area (Å²) in [6.07, 6.45) is 0. The first-order valence-corrected chi connectivity index (χ1v) is 6.25. The van der Waals surface area contributed by atoms with Crippen molar-refractivity contribution in [1.29, 1.82) is 0 Å². The lowest BCUT2D eigenvalue weighted by Crippen LogP contribution is -2.54. The highest BCUT2D eigenvalue weighted by Gasteiger charge is 2.31. The van der Waals surface area contributed by atoms with Crippen molar-refractivity contribution < 1.29 is 9.59 Å². The quantitative estimate of drug-likeness (QED) is 0.776. The van der Waals surface area contributed by atoms with Crippen molar-refractivity contribution in [2.45, 2.75) is 26.3 Å². The van der Waals surface area contributed by atoms with Gasteiger partial charge in [-0.2, -0.15) is 0 Å². The number of hydrogen-bond acceptors (Lipinski definition) is 2. The fraction of sp³-hybridized carbons (Fsp3) is 0.429. The second-order valence-corrected chi connectivity index (χ2v) is 5.71. The molecule has 102 valence electrons. The first kappa shape index (κ1) is 13.4. The third-order valence-corrected chi connectivity index (χ3v) is 2.93. The van der Waals surface area contributed by atoms with Gasteiger partial charge in [0.05, 0.1) is 11.4 Å². The number of nitrogens with one attached hydrogen (secondary N) is 1. The fourth-order valence-corrected chi connectivity index (χ4v) is 2.01. The van der Waals surface area contributed by atoms with E-state index in [1.165, 1.54) is 4.90 Å². The first-order chi connectivity index (χ1) is 8.79. The molecule has 1 aromatic carbocycles. The Morgan fingerprint density at radius 2 is 1.79 bits per heavy atom. The number of nitrogens with zero attached hydrogens (tertiary/aromatic N) is 2. The average molecular weight is 261 g/mol. The summed E-state index contributed by atoms with van der Waals surface area (Å²) in [7, 11) is 1.72. The summed E-state index contributed by atoms with van der Waals surface area (Å²) in [6.45, 7) is 5.80. The van der Waals surface area contributed by atoms with Crippen LogP contribution < -0.4 is 15.1 Å². The first-order valence-electron chi connectivity index (χ1n) is 6.25. The van der Waals surface area contributed by atoms with Crippen molar-refractivity contribution in [3.8, 4) is 0 Å². The molecule has 3 amide bonds. The molecule has 0 unspecified atom stereocenters. The minimum atomic E-state index is -0.335. The molecule has 1 aliphatic heterocycles. The molecule has 2 rings (SSSR count). The minimum Gasteiger partial charge on any atom is -0.333 e. The van der Waals surface area contributed by atoms with Gasteiger partial charge in [-0.05, 0) is 32.9 Å². The molecule has 0 saturated carbocycles. The topological polar surface area (TPSA) is 52.7 Å². The predicted octanol–water partition coefficient (Wildman–Crippen LogP) is 1.98. The van der Waals surface area contributed by atoms with Crippen LogP contribution in [0.3, 0.4) is 0 Å². The summed E-state index contributed by atoms with van der Waals surface area (Å²) in [5, 5.41) is 2.88. The Balaban J connectivity index is 2.35. The van der Waals surface area contributed by atoms with E-state index in [9.17, 15) is 9.59 Å². The Kier molecular flexibility index (Phi) is 3.22. The van der Waals surface area contributed by atoms with E-state index in [0.717, 1.165) is 11.4 Å². The lowest BCUT2D eigenvalue weighted by Gasteiger charge is -2.35. The second-order valence-electron chi connectivity index (χ2n) is 5.71. The van der Waals surface area contributed by atoms with Crippen molar-refractivity contribution in [2.75, 3.05) is 23.4 Å². The predicted molar refractivity (Wildman–Crippen MR) is 75.5 cm³/mol. The number of likely N-dealkylation sites (N-methyl/N-ethyl adjacent to an activating group) is 1. The molecule has 1 aromatic rings. The van der Waals surface area contributed by atoms with Crippen LogP contribution in [0.4, 0.5) is 16.2 Å². The standard InChI is InChI=1S/C14H19N3O2/c1-14(2,3)15-13(19)17-9-12(18)16(4)10-7-5-6-8-11(10)17/h5-8H,9H2,1-4H3,(H,15,19). The maximum Gasteiger partial charge on any atom is 0.322 e. The number of rotatable bonds is 0. The van der Waals surface area contributed by atoms with Gasteiger partial charge in [0.2, 0.25) is 5.91 Å². The van der Waals surface area contributed by atoms with E-state index in [0.29, 0.717) is 0 Å². The van der Waals surface area contributed by atoms with Gasteiger partial charge in [0.15, 0.2) is 0 Å². The number of para-hydroxylation sites is 2. The molecular formula is C14H19N3O2. The van der Waals surface area contributed by atoms with Gasteiger partial charge in [-0.25, -0.2) is 4.79 Å². The summed E-state index contributed by atoms with van der Waals surface area (Å²) in [5.74, 6) is -0.0947. The number of fused-ring (bicyclic) bond motifs is 1. The molecule has 0 aromatic heterocycles. The monoisotopic (exact) mass is 261 g/mol. The van der Waals surface area contributed by atoms with Crippen molar-refractivity contribution >= 4 is 23.3 Å². The van der Waals surface area contributed by atoms with Crippen LogP contribution in [-0.4, -0.2) is 31.1 Å². The van der Waals surface area contributed by atoms with Gasteiger partial charge < -0.3 is 10.2 Å². The molecule has 0 radical (unpaired) electrons. The van der Waals surface area contributed by atoms with Crippen molar-refractivity contribution in [2.24, 2.45) is 0 Å². The summed E-state index contributed by atoms with van der Waals surface area (Å²) in [6, 6.07) is 7.15. The Morgan fingerprint density at radius 3 is 2.37 bits per heavy atom. The van der Waals surface area contributed by atoms with Crippen LogP contribution in [0.2, 0.25) is 0 Å². The van der Waals surface area contributed by atoms with E-state index in [1.54, 1.807) is 11.9 Å². The maximum atomic E-state index is 12.3. The number of urea groups is 1. The molecule has 0 saturated heterocycles. The molecule has 0 aliphatic carbocycles. The van der Waals surface area contributed by atoms with E-state index in [1.807, 2.05) is 45.0 Å². The Labute approximate surface area is 113 Å². The number of carbonyl (C=O) groups excluding carboxylic acids is 2. The number of benzene rings is 1. The van der Waals surface area contributed by atoms with Crippen molar-refractivity contribution in [1.82, 2.24) is 5.32 Å². The third-order valence-electron chi connectivity index (χ3n) is 2.93. The van der Waals surface area contributed by atoms with Gasteiger partial charge in [0.1, 0.15) is 6.54 Å². The molecular weight excluding hydrogens is 242 g/mol. The zero-order chi connectivity index (χ0) is 14.2. The average Bonchev–Trinajstić information content (AvgIpc) is 2.31. The van der Waals surface area contributed by atoms with Gasteiger partial charge in [-0.3, -0.25) is 9.69 Å². The number of anilines is 2. The van der Waals surface area contributed by atoms with Crippen LogP contribution in [0.15, 0.2) is 24.3 Å². The molecule has 1 N–H and O–H groups in total. The van der Waals surface area contributed by atoms with E-state index < -0.39 is 0 Å². The lowest BCUT2D eigenvalue weighted by molar-refractivity contribution is -0.117. The summed E-state index contributed by atoms with van der Waals surface area (Å²) >= 11 is 0. The molecule has 5 heteroatoms. The van der Waals surface area contributed by atoms with E-state index in [2.05, 4.69) is 5.32 Å². The Hall–Kier alpha value is -2.04. The molecule has 0 spiro atoms. The molecule has 1 aliphatic rings. The zero-order valence-corrected chi connectivity index (χ0v) is 11.7. The SMILES string of the molecule is CN1C(=O)CN(C(=O)NC(C)(C)C)c2ccccc21. The number of hydrogen-bond donors (Lipinski definition) is 1. The van der Waals surface area contributed by atoms with Gasteiger partial charge in [0, 0.05) is 12.6 Å². The Bertz CT molecular complexity index is 520. The van der Waals surface area contributed by atoms with Crippen LogP contribution in [-0.2, 0) is 4.79 Å². The van der Waals surface area contributed by atoms with Crippen molar-refractivity contribution in [3.63, 3.8) is 0 Å². The molecule has 0 bridgehead atoms. The Morgan fingerprint density at radius 1 is 1.21 bits per heavy atom. The number of amides is 3. The number of carbonyl (C=O) groups is 2. The molecule has 19 heavy (non-hydrogen) atoms. The van der Waals surface area contributed by atoms with Gasteiger partial charge in [0.25, 0.3) is 0 Å². The van der Waals surface area contributed by atoms with Crippen LogP contribution >= 0.6 is 0 Å². The fourth-order valence-electron chi connectivity index (χ4n) is 2.01. The minimum absolute atomic E-state index is 0.0649. The largest absolute Gasteiger partial charge is 0.333 e. The summed E-state index contributed by atoms with van der Waals surface area (Å²) in [4.78, 5) is 27.3. The van der Waals surface area contributed by atoms with Crippen LogP contribution in [0.5, 0.6) is 0 Å². The van der Waals surface area contributed by atoms with Crippen molar-refractivity contribution in [3.05, 3.63) is 24.3 Å². The highest BCUT2D eigenvalue weighted by Crippen LogP contribution is 2.32. The smallest absolute Gasteiger partial charge is 0.322 e. The van der Waals surface area contributed by atoms with Gasteiger partial charge >= 0.3 is 6.03 Å². The lowest BCUT2D eigenvalue weighted by atomic mass is 10.1. The van der Waals surface area contributed by atoms with E-state index in [4.69, 9.17) is 0 Å². The summed E-state index contributed by atoms with van der Waals surface area (Å²) < 4.78 is 0. The van der Waals surface area contributed by atoms with Gasteiger partial charge in [-0.1, -0.05) is 12.1 Å². The van der Waals surface area contributed by atoms with Gasteiger partial charge in [-0.15, -0.1) is 0 Å².